The second-order valence-corrected chi connectivity index (χ2v) is 4.71. The molecule has 0 spiro atoms. The fourth-order valence-corrected chi connectivity index (χ4v) is 2.27. The lowest BCUT2D eigenvalue weighted by molar-refractivity contribution is -0.119. The van der Waals surface area contributed by atoms with Gasteiger partial charge in [0.1, 0.15) is 6.61 Å². The largest absolute Gasteiger partial charge is 0.393 e. The Labute approximate surface area is 102 Å². The molecule has 17 heavy (non-hydrogen) atoms. The summed E-state index contributed by atoms with van der Waals surface area (Å²) in [5, 5.41) is 18.4. The van der Waals surface area contributed by atoms with E-state index in [1.54, 1.807) is 0 Å². The average molecular weight is 245 g/mol. The molecule has 0 aromatic carbocycles. The highest BCUT2D eigenvalue weighted by Crippen LogP contribution is 2.20. The molecule has 2 heterocycles. The third kappa shape index (κ3) is 4.19. The lowest BCUT2D eigenvalue weighted by Gasteiger charge is -2.31. The van der Waals surface area contributed by atoms with E-state index in [4.69, 9.17) is 19.3 Å². The van der Waals surface area contributed by atoms with E-state index in [9.17, 15) is 5.11 Å². The minimum absolute atomic E-state index is 0.00171. The van der Waals surface area contributed by atoms with Gasteiger partial charge >= 0.3 is 0 Å². The normalized spacial score (nSPS) is 39.2. The Hall–Kier alpha value is -0.200. The van der Waals surface area contributed by atoms with Crippen molar-refractivity contribution in [3.63, 3.8) is 0 Å². The third-order valence-electron chi connectivity index (χ3n) is 3.29. The molecule has 0 bridgehead atoms. The van der Waals surface area contributed by atoms with Crippen molar-refractivity contribution in [2.24, 2.45) is 0 Å². The maximum Gasteiger partial charge on any atom is 0.109 e. The van der Waals surface area contributed by atoms with E-state index in [1.807, 2.05) is 0 Å². The summed E-state index contributed by atoms with van der Waals surface area (Å²) in [5.41, 5.74) is 0. The fraction of sp³-hybridized carbons (Fsp3) is 0.917. The van der Waals surface area contributed by atoms with Crippen molar-refractivity contribution >= 4 is 0 Å². The van der Waals surface area contributed by atoms with E-state index in [0.29, 0.717) is 32.7 Å². The van der Waals surface area contributed by atoms with Crippen LogP contribution >= 0.6 is 0 Å². The first-order valence-corrected chi connectivity index (χ1v) is 6.28. The maximum atomic E-state index is 9.50. The van der Waals surface area contributed by atoms with Gasteiger partial charge in [-0.25, -0.2) is 0 Å². The van der Waals surface area contributed by atoms with Crippen molar-refractivity contribution in [3.8, 4) is 0 Å². The minimum atomic E-state index is -0.259. The molecule has 2 saturated heterocycles. The Morgan fingerprint density at radius 3 is 2.76 bits per heavy atom. The predicted molar refractivity (Wildman–Crippen MR) is 59.9 cm³/mol. The standard InChI is InChI=1S/C12H21O5/c13-7-11-6-10(2-4-15-11)17-8-12-5-9(14)1-3-16-12/h7,9-14H,1-6,8H2. The lowest BCUT2D eigenvalue weighted by Crippen LogP contribution is -2.36. The molecule has 0 aromatic heterocycles. The molecule has 2 aliphatic heterocycles. The van der Waals surface area contributed by atoms with Crippen LogP contribution in [-0.4, -0.2) is 54.4 Å². The Balaban J connectivity index is 1.66. The van der Waals surface area contributed by atoms with Gasteiger partial charge in [0.15, 0.2) is 0 Å². The van der Waals surface area contributed by atoms with Gasteiger partial charge in [-0.3, -0.25) is 0 Å². The van der Waals surface area contributed by atoms with Crippen LogP contribution in [0.25, 0.3) is 0 Å². The Kier molecular flexibility index (Phi) is 5.18. The first kappa shape index (κ1) is 13.2. The molecule has 2 aliphatic rings. The van der Waals surface area contributed by atoms with Crippen molar-refractivity contribution in [3.05, 3.63) is 6.61 Å². The fourth-order valence-electron chi connectivity index (χ4n) is 2.27. The summed E-state index contributed by atoms with van der Waals surface area (Å²) in [6.07, 6.45) is 2.54. The Bertz CT molecular complexity index is 223. The van der Waals surface area contributed by atoms with Crippen LogP contribution in [0.1, 0.15) is 25.7 Å². The van der Waals surface area contributed by atoms with Crippen LogP contribution < -0.4 is 0 Å². The highest BCUT2D eigenvalue weighted by atomic mass is 16.5. The van der Waals surface area contributed by atoms with Gasteiger partial charge in [0.05, 0.1) is 31.0 Å². The Morgan fingerprint density at radius 1 is 1.18 bits per heavy atom. The van der Waals surface area contributed by atoms with E-state index >= 15 is 0 Å². The van der Waals surface area contributed by atoms with Gasteiger partial charge in [0.2, 0.25) is 0 Å². The molecule has 4 atom stereocenters. The maximum absolute atomic E-state index is 9.50. The van der Waals surface area contributed by atoms with Crippen molar-refractivity contribution in [1.82, 2.24) is 0 Å². The van der Waals surface area contributed by atoms with Gasteiger partial charge in [-0.1, -0.05) is 0 Å². The van der Waals surface area contributed by atoms with E-state index in [1.165, 1.54) is 0 Å². The van der Waals surface area contributed by atoms with Crippen molar-refractivity contribution < 1.29 is 24.4 Å². The second-order valence-electron chi connectivity index (χ2n) is 4.71. The minimum Gasteiger partial charge on any atom is -0.393 e. The SMILES string of the molecule is O[CH]C1CC(OCC2CC(O)CCO2)CCO1. The van der Waals surface area contributed by atoms with E-state index in [0.717, 1.165) is 19.4 Å². The first-order valence-electron chi connectivity index (χ1n) is 6.28. The van der Waals surface area contributed by atoms with Gasteiger partial charge in [0.25, 0.3) is 0 Å². The smallest absolute Gasteiger partial charge is 0.109 e. The number of hydrogen-bond donors (Lipinski definition) is 2. The summed E-state index contributed by atoms with van der Waals surface area (Å²) in [5.74, 6) is 0. The zero-order chi connectivity index (χ0) is 12.1. The van der Waals surface area contributed by atoms with Crippen LogP contribution in [0.15, 0.2) is 0 Å². The summed E-state index contributed by atoms with van der Waals surface area (Å²) in [4.78, 5) is 0. The first-order chi connectivity index (χ1) is 8.28. The zero-order valence-electron chi connectivity index (χ0n) is 9.96. The number of rotatable bonds is 4. The molecular formula is C12H21O5. The quantitative estimate of drug-likeness (QED) is 0.760. The van der Waals surface area contributed by atoms with Gasteiger partial charge in [0, 0.05) is 26.1 Å². The molecular weight excluding hydrogens is 224 g/mol. The van der Waals surface area contributed by atoms with Crippen LogP contribution in [0.2, 0.25) is 0 Å². The molecule has 4 unspecified atom stereocenters. The zero-order valence-corrected chi connectivity index (χ0v) is 9.96. The van der Waals surface area contributed by atoms with Crippen LogP contribution in [0.4, 0.5) is 0 Å². The third-order valence-corrected chi connectivity index (χ3v) is 3.29. The van der Waals surface area contributed by atoms with Crippen molar-refractivity contribution in [1.29, 1.82) is 0 Å². The highest BCUT2D eigenvalue weighted by molar-refractivity contribution is 4.77. The number of hydrogen-bond acceptors (Lipinski definition) is 5. The number of aliphatic hydroxyl groups is 2. The van der Waals surface area contributed by atoms with Gasteiger partial charge in [-0.2, -0.15) is 0 Å². The molecule has 0 amide bonds. The molecule has 2 rings (SSSR count). The molecule has 1 radical (unpaired) electrons. The summed E-state index contributed by atoms with van der Waals surface area (Å²) in [6.45, 7) is 2.81. The summed E-state index contributed by atoms with van der Waals surface area (Å²) in [7, 11) is 0. The van der Waals surface area contributed by atoms with Gasteiger partial charge in [-0.05, 0) is 12.8 Å². The molecule has 0 aromatic rings. The molecule has 2 fully saturated rings. The molecule has 0 aliphatic carbocycles. The van der Waals surface area contributed by atoms with Crippen LogP contribution in [0.5, 0.6) is 0 Å². The molecule has 5 heteroatoms. The van der Waals surface area contributed by atoms with Crippen molar-refractivity contribution in [2.75, 3.05) is 19.8 Å². The highest BCUT2D eigenvalue weighted by Gasteiger charge is 2.26. The number of aliphatic hydroxyl groups excluding tert-OH is 2. The van der Waals surface area contributed by atoms with Crippen LogP contribution in [0.3, 0.4) is 0 Å². The monoisotopic (exact) mass is 245 g/mol. The van der Waals surface area contributed by atoms with Crippen molar-refractivity contribution in [2.45, 2.75) is 50.1 Å². The van der Waals surface area contributed by atoms with Crippen LogP contribution in [0, 0.1) is 6.61 Å². The lowest BCUT2D eigenvalue weighted by atomic mass is 10.1. The summed E-state index contributed by atoms with van der Waals surface area (Å²) in [6, 6.07) is 0. The van der Waals surface area contributed by atoms with Crippen LogP contribution in [-0.2, 0) is 14.2 Å². The predicted octanol–water partition coefficient (Wildman–Crippen LogP) is 0.625. The second kappa shape index (κ2) is 6.66. The summed E-state index contributed by atoms with van der Waals surface area (Å²) >= 11 is 0. The topological polar surface area (TPSA) is 68.2 Å². The molecule has 0 saturated carbocycles. The summed E-state index contributed by atoms with van der Waals surface area (Å²) < 4.78 is 16.6. The van der Waals surface area contributed by atoms with Gasteiger partial charge < -0.3 is 24.4 Å². The number of ether oxygens (including phenoxy) is 3. The molecule has 99 valence electrons. The molecule has 5 nitrogen and oxygen atoms in total. The van der Waals surface area contributed by atoms with E-state index in [-0.39, 0.29) is 24.4 Å². The average Bonchev–Trinajstić information content (AvgIpc) is 2.37. The Morgan fingerprint density at radius 2 is 2.00 bits per heavy atom. The van der Waals surface area contributed by atoms with E-state index in [2.05, 4.69) is 0 Å². The van der Waals surface area contributed by atoms with E-state index < -0.39 is 0 Å². The van der Waals surface area contributed by atoms with Gasteiger partial charge in [-0.15, -0.1) is 0 Å². The molecule has 2 N–H and O–H groups in total.